The van der Waals surface area contributed by atoms with Gasteiger partial charge in [-0.05, 0) is 18.6 Å². The lowest BCUT2D eigenvalue weighted by Gasteiger charge is -2.32. The van der Waals surface area contributed by atoms with E-state index in [4.69, 9.17) is 0 Å². The van der Waals surface area contributed by atoms with Crippen LogP contribution in [-0.4, -0.2) is 84.3 Å². The molecule has 2 fully saturated rings. The fraction of sp³-hybridized carbons (Fsp3) is 0.500. The molecule has 2 saturated heterocycles. The van der Waals surface area contributed by atoms with Gasteiger partial charge in [0.05, 0.1) is 11.1 Å². The minimum absolute atomic E-state index is 0.146. The summed E-state index contributed by atoms with van der Waals surface area (Å²) in [5, 5.41) is 3.33. The molecule has 25 heavy (non-hydrogen) atoms. The summed E-state index contributed by atoms with van der Waals surface area (Å²) >= 11 is 0. The summed E-state index contributed by atoms with van der Waals surface area (Å²) in [6.07, 6.45) is 0.952. The Kier molecular flexibility index (Phi) is 4.27. The third-order valence-electron chi connectivity index (χ3n) is 5.36. The lowest BCUT2D eigenvalue weighted by Crippen LogP contribution is -2.50. The van der Waals surface area contributed by atoms with Gasteiger partial charge in [0.25, 0.3) is 11.8 Å². The number of rotatable bonds is 3. The first-order chi connectivity index (χ1) is 12.1. The van der Waals surface area contributed by atoms with E-state index in [0.717, 1.165) is 37.5 Å². The Morgan fingerprint density at radius 2 is 1.68 bits per heavy atom. The largest absolute Gasteiger partial charge is 0.340 e. The average molecular weight is 342 g/mol. The zero-order chi connectivity index (χ0) is 17.4. The molecule has 7 heteroatoms. The molecule has 1 atom stereocenters. The standard InChI is InChI=1S/C18H22N4O3/c23-16(21-8-5-13(11-21)20-9-6-19-7-10-20)12-22-17(24)14-3-1-2-4-15(14)18(22)25/h1-4,13,19H,5-12H2. The molecule has 0 aliphatic carbocycles. The Labute approximate surface area is 146 Å². The fourth-order valence-electron chi connectivity index (χ4n) is 3.93. The Morgan fingerprint density at radius 1 is 1.04 bits per heavy atom. The molecule has 4 rings (SSSR count). The Balaban J connectivity index is 1.38. The number of hydrogen-bond acceptors (Lipinski definition) is 5. The van der Waals surface area contributed by atoms with E-state index in [1.165, 1.54) is 0 Å². The smallest absolute Gasteiger partial charge is 0.262 e. The van der Waals surface area contributed by atoms with Crippen molar-refractivity contribution in [3.8, 4) is 0 Å². The maximum atomic E-state index is 12.6. The minimum Gasteiger partial charge on any atom is -0.340 e. The van der Waals surface area contributed by atoms with E-state index < -0.39 is 0 Å². The zero-order valence-electron chi connectivity index (χ0n) is 14.1. The number of nitrogens with zero attached hydrogens (tertiary/aromatic N) is 3. The van der Waals surface area contributed by atoms with Gasteiger partial charge in [-0.3, -0.25) is 24.2 Å². The molecule has 3 amide bonds. The Hall–Kier alpha value is -2.25. The number of amides is 3. The van der Waals surface area contributed by atoms with Gasteiger partial charge < -0.3 is 10.2 Å². The Bertz CT molecular complexity index is 679. The summed E-state index contributed by atoms with van der Waals surface area (Å²) < 4.78 is 0. The van der Waals surface area contributed by atoms with Crippen LogP contribution in [0.15, 0.2) is 24.3 Å². The van der Waals surface area contributed by atoms with Gasteiger partial charge in [-0.2, -0.15) is 0 Å². The van der Waals surface area contributed by atoms with Gasteiger partial charge in [0.2, 0.25) is 5.91 Å². The maximum Gasteiger partial charge on any atom is 0.262 e. The highest BCUT2D eigenvalue weighted by molar-refractivity contribution is 6.22. The summed E-state index contributed by atoms with van der Waals surface area (Å²) in [7, 11) is 0. The predicted octanol–water partition coefficient (Wildman–Crippen LogP) is -0.211. The number of hydrogen-bond donors (Lipinski definition) is 1. The molecule has 3 heterocycles. The van der Waals surface area contributed by atoms with Crippen LogP contribution in [-0.2, 0) is 4.79 Å². The number of carbonyl (C=O) groups excluding carboxylic acids is 3. The molecule has 3 aliphatic heterocycles. The van der Waals surface area contributed by atoms with Crippen LogP contribution < -0.4 is 5.32 Å². The van der Waals surface area contributed by atoms with Crippen molar-refractivity contribution < 1.29 is 14.4 Å². The summed E-state index contributed by atoms with van der Waals surface area (Å²) in [6.45, 7) is 5.19. The molecule has 1 unspecified atom stereocenters. The zero-order valence-corrected chi connectivity index (χ0v) is 14.1. The van der Waals surface area contributed by atoms with E-state index in [9.17, 15) is 14.4 Å². The molecule has 0 spiro atoms. The first-order valence-electron chi connectivity index (χ1n) is 8.83. The van der Waals surface area contributed by atoms with Crippen molar-refractivity contribution in [1.82, 2.24) is 20.0 Å². The summed E-state index contributed by atoms with van der Waals surface area (Å²) in [5.41, 5.74) is 0.779. The van der Waals surface area contributed by atoms with Gasteiger partial charge in [0.15, 0.2) is 0 Å². The van der Waals surface area contributed by atoms with Crippen molar-refractivity contribution in [1.29, 1.82) is 0 Å². The number of nitrogens with one attached hydrogen (secondary N) is 1. The van der Waals surface area contributed by atoms with Crippen molar-refractivity contribution in [3.05, 3.63) is 35.4 Å². The molecule has 0 aromatic heterocycles. The number of carbonyl (C=O) groups is 3. The molecule has 0 saturated carbocycles. The third-order valence-corrected chi connectivity index (χ3v) is 5.36. The van der Waals surface area contributed by atoms with Crippen LogP contribution in [0.2, 0.25) is 0 Å². The van der Waals surface area contributed by atoms with E-state index in [0.29, 0.717) is 30.3 Å². The van der Waals surface area contributed by atoms with Crippen molar-refractivity contribution >= 4 is 17.7 Å². The van der Waals surface area contributed by atoms with Crippen LogP contribution in [0.5, 0.6) is 0 Å². The van der Waals surface area contributed by atoms with Crippen LogP contribution in [0.4, 0.5) is 0 Å². The van der Waals surface area contributed by atoms with Gasteiger partial charge in [-0.1, -0.05) is 12.1 Å². The second-order valence-electron chi connectivity index (χ2n) is 6.81. The molecule has 3 aliphatic rings. The van der Waals surface area contributed by atoms with Gasteiger partial charge >= 0.3 is 0 Å². The average Bonchev–Trinajstić information content (AvgIpc) is 3.23. The highest BCUT2D eigenvalue weighted by Crippen LogP contribution is 2.23. The van der Waals surface area contributed by atoms with E-state index in [-0.39, 0.29) is 24.3 Å². The number of piperazine rings is 1. The number of benzene rings is 1. The van der Waals surface area contributed by atoms with Crippen LogP contribution in [0.3, 0.4) is 0 Å². The monoisotopic (exact) mass is 342 g/mol. The SMILES string of the molecule is O=C(CN1C(=O)c2ccccc2C1=O)N1CCC(N2CCNCC2)C1. The molecular formula is C18H22N4O3. The fourth-order valence-corrected chi connectivity index (χ4v) is 3.93. The van der Waals surface area contributed by atoms with Crippen molar-refractivity contribution in [2.24, 2.45) is 0 Å². The van der Waals surface area contributed by atoms with Crippen LogP contribution >= 0.6 is 0 Å². The van der Waals surface area contributed by atoms with Crippen LogP contribution in [0.1, 0.15) is 27.1 Å². The summed E-state index contributed by atoms with van der Waals surface area (Å²) in [4.78, 5) is 42.7. The van der Waals surface area contributed by atoms with Crippen molar-refractivity contribution in [3.63, 3.8) is 0 Å². The van der Waals surface area contributed by atoms with Gasteiger partial charge in [0.1, 0.15) is 6.54 Å². The second-order valence-corrected chi connectivity index (χ2v) is 6.81. The Morgan fingerprint density at radius 3 is 2.32 bits per heavy atom. The maximum absolute atomic E-state index is 12.6. The highest BCUT2D eigenvalue weighted by atomic mass is 16.2. The molecular weight excluding hydrogens is 320 g/mol. The number of likely N-dealkylation sites (tertiary alicyclic amines) is 1. The number of fused-ring (bicyclic) bond motifs is 1. The summed E-state index contributed by atoms with van der Waals surface area (Å²) in [6, 6.07) is 7.11. The number of imide groups is 1. The molecule has 1 N–H and O–H groups in total. The molecule has 0 radical (unpaired) electrons. The van der Waals surface area contributed by atoms with E-state index in [2.05, 4.69) is 10.2 Å². The molecule has 1 aromatic carbocycles. The molecule has 132 valence electrons. The highest BCUT2D eigenvalue weighted by Gasteiger charge is 2.38. The lowest BCUT2D eigenvalue weighted by atomic mass is 10.1. The quantitative estimate of drug-likeness (QED) is 0.770. The lowest BCUT2D eigenvalue weighted by molar-refractivity contribution is -0.130. The first-order valence-corrected chi connectivity index (χ1v) is 8.83. The van der Waals surface area contributed by atoms with Crippen LogP contribution in [0.25, 0.3) is 0 Å². The van der Waals surface area contributed by atoms with E-state index in [1.807, 2.05) is 0 Å². The predicted molar refractivity (Wildman–Crippen MR) is 91.2 cm³/mol. The second kappa shape index (κ2) is 6.57. The van der Waals surface area contributed by atoms with Gasteiger partial charge in [0, 0.05) is 45.3 Å². The summed E-state index contributed by atoms with van der Waals surface area (Å²) in [5.74, 6) is -0.884. The van der Waals surface area contributed by atoms with Crippen molar-refractivity contribution in [2.45, 2.75) is 12.5 Å². The van der Waals surface area contributed by atoms with E-state index in [1.54, 1.807) is 29.2 Å². The molecule has 0 bridgehead atoms. The topological polar surface area (TPSA) is 73.0 Å². The van der Waals surface area contributed by atoms with Gasteiger partial charge in [-0.15, -0.1) is 0 Å². The van der Waals surface area contributed by atoms with Crippen molar-refractivity contribution in [2.75, 3.05) is 45.8 Å². The molecule has 7 nitrogen and oxygen atoms in total. The third kappa shape index (κ3) is 2.94. The molecule has 1 aromatic rings. The van der Waals surface area contributed by atoms with E-state index >= 15 is 0 Å². The van der Waals surface area contributed by atoms with Gasteiger partial charge in [-0.25, -0.2) is 0 Å². The normalized spacial score (nSPS) is 24.1. The first kappa shape index (κ1) is 16.2. The minimum atomic E-state index is -0.369. The van der Waals surface area contributed by atoms with Crippen LogP contribution in [0, 0.1) is 0 Å².